The monoisotopic (exact) mass is 323 g/mol. The summed E-state index contributed by atoms with van der Waals surface area (Å²) in [6.07, 6.45) is 3.13. The first-order valence-corrected chi connectivity index (χ1v) is 8.36. The summed E-state index contributed by atoms with van der Waals surface area (Å²) in [4.78, 5) is 0. The average Bonchev–Trinajstić information content (AvgIpc) is 2.87. The quantitative estimate of drug-likeness (QED) is 0.838. The molecule has 3 heteroatoms. The van der Waals surface area contributed by atoms with Crippen LogP contribution < -0.4 is 15.2 Å². The number of fused-ring (bicyclic) bond motifs is 1. The predicted molar refractivity (Wildman–Crippen MR) is 97.6 cm³/mol. The van der Waals surface area contributed by atoms with E-state index >= 15 is 0 Å². The van der Waals surface area contributed by atoms with Gasteiger partial charge in [-0.1, -0.05) is 42.0 Å². The molecule has 2 atom stereocenters. The van der Waals surface area contributed by atoms with Gasteiger partial charge in [0.05, 0.1) is 7.11 Å². The minimum Gasteiger partial charge on any atom is -0.493 e. The van der Waals surface area contributed by atoms with Gasteiger partial charge in [-0.3, -0.25) is 0 Å². The second-order valence-electron chi connectivity index (χ2n) is 6.61. The van der Waals surface area contributed by atoms with Crippen molar-refractivity contribution in [2.45, 2.75) is 38.8 Å². The zero-order valence-electron chi connectivity index (χ0n) is 14.6. The molecule has 0 spiro atoms. The lowest BCUT2D eigenvalue weighted by Gasteiger charge is -2.16. The van der Waals surface area contributed by atoms with E-state index in [-0.39, 0.29) is 12.0 Å². The van der Waals surface area contributed by atoms with Crippen molar-refractivity contribution >= 4 is 0 Å². The number of methoxy groups -OCH3 is 1. The molecule has 0 radical (unpaired) electrons. The summed E-state index contributed by atoms with van der Waals surface area (Å²) in [6, 6.07) is 14.4. The minimum atomic E-state index is 0.115. The topological polar surface area (TPSA) is 44.5 Å². The fourth-order valence-electron chi connectivity index (χ4n) is 3.30. The molecule has 0 fully saturated rings. The van der Waals surface area contributed by atoms with Crippen molar-refractivity contribution in [1.29, 1.82) is 0 Å². The summed E-state index contributed by atoms with van der Waals surface area (Å²) in [5, 5.41) is 0. The zero-order valence-corrected chi connectivity index (χ0v) is 14.6. The average molecular weight is 323 g/mol. The number of hydrogen-bond acceptors (Lipinski definition) is 3. The van der Waals surface area contributed by atoms with Gasteiger partial charge in [0.15, 0.2) is 11.5 Å². The van der Waals surface area contributed by atoms with Crippen LogP contribution in [0.25, 0.3) is 0 Å². The van der Waals surface area contributed by atoms with Crippen LogP contribution in [0.3, 0.4) is 0 Å². The standard InChI is InChI=1S/C21H25NO2/c1-14(2)9-18-17-12-21(24-13-15-7-5-4-6-8-15)20(23-3)11-16(17)10-19(18)22/h4-9,11-12,18-19H,10,13,22H2,1-3H3/t18-,19+/m0/s1. The number of benzene rings is 2. The normalized spacial score (nSPS) is 18.8. The number of allylic oxidation sites excluding steroid dienone is 1. The minimum absolute atomic E-state index is 0.115. The SMILES string of the molecule is COc1cc2c(cc1OCc1ccccc1)[C@H](C=C(C)C)[C@H](N)C2. The van der Waals surface area contributed by atoms with E-state index in [1.165, 1.54) is 16.7 Å². The molecule has 2 N–H and O–H groups in total. The van der Waals surface area contributed by atoms with Crippen molar-refractivity contribution in [3.63, 3.8) is 0 Å². The predicted octanol–water partition coefficient (Wildman–Crippen LogP) is 4.21. The highest BCUT2D eigenvalue weighted by molar-refractivity contribution is 5.53. The van der Waals surface area contributed by atoms with Crippen LogP contribution in [0.2, 0.25) is 0 Å². The highest BCUT2D eigenvalue weighted by atomic mass is 16.5. The van der Waals surface area contributed by atoms with Gasteiger partial charge in [0.25, 0.3) is 0 Å². The summed E-state index contributed by atoms with van der Waals surface area (Å²) >= 11 is 0. The molecule has 2 aromatic rings. The van der Waals surface area contributed by atoms with Gasteiger partial charge in [0.2, 0.25) is 0 Å². The Morgan fingerprint density at radius 2 is 1.92 bits per heavy atom. The Morgan fingerprint density at radius 1 is 1.17 bits per heavy atom. The molecule has 0 amide bonds. The van der Waals surface area contributed by atoms with Crippen molar-refractivity contribution in [3.05, 3.63) is 70.8 Å². The molecule has 24 heavy (non-hydrogen) atoms. The first-order chi connectivity index (χ1) is 11.6. The van der Waals surface area contributed by atoms with Crippen LogP contribution in [0.15, 0.2) is 54.1 Å². The van der Waals surface area contributed by atoms with Crippen LogP contribution in [0, 0.1) is 0 Å². The Bertz CT molecular complexity index is 733. The van der Waals surface area contributed by atoms with Crippen molar-refractivity contribution < 1.29 is 9.47 Å². The molecular weight excluding hydrogens is 298 g/mol. The molecule has 0 heterocycles. The van der Waals surface area contributed by atoms with E-state index in [0.717, 1.165) is 23.5 Å². The lowest BCUT2D eigenvalue weighted by atomic mass is 9.96. The number of hydrogen-bond donors (Lipinski definition) is 1. The Morgan fingerprint density at radius 3 is 2.58 bits per heavy atom. The van der Waals surface area contributed by atoms with E-state index in [4.69, 9.17) is 15.2 Å². The summed E-state index contributed by atoms with van der Waals surface area (Å²) in [7, 11) is 1.68. The van der Waals surface area contributed by atoms with Crippen LogP contribution >= 0.6 is 0 Å². The smallest absolute Gasteiger partial charge is 0.161 e. The summed E-state index contributed by atoms with van der Waals surface area (Å²) in [6.45, 7) is 4.75. The molecule has 0 saturated heterocycles. The van der Waals surface area contributed by atoms with E-state index < -0.39 is 0 Å². The van der Waals surface area contributed by atoms with Gasteiger partial charge in [0, 0.05) is 12.0 Å². The van der Waals surface area contributed by atoms with Gasteiger partial charge in [0.1, 0.15) is 6.61 Å². The molecule has 126 valence electrons. The number of rotatable bonds is 5. The first kappa shape index (κ1) is 16.6. The highest BCUT2D eigenvalue weighted by Crippen LogP contribution is 2.41. The second kappa shape index (κ2) is 7.10. The van der Waals surface area contributed by atoms with E-state index in [9.17, 15) is 0 Å². The number of ether oxygens (including phenoxy) is 2. The van der Waals surface area contributed by atoms with Gasteiger partial charge in [-0.25, -0.2) is 0 Å². The first-order valence-electron chi connectivity index (χ1n) is 8.36. The number of nitrogens with two attached hydrogens (primary N) is 1. The summed E-state index contributed by atoms with van der Waals surface area (Å²) in [5.41, 5.74) is 11.3. The van der Waals surface area contributed by atoms with E-state index in [2.05, 4.69) is 44.2 Å². The van der Waals surface area contributed by atoms with E-state index in [1.54, 1.807) is 7.11 Å². The maximum Gasteiger partial charge on any atom is 0.161 e. The van der Waals surface area contributed by atoms with Gasteiger partial charge in [-0.05, 0) is 49.1 Å². The molecule has 0 aromatic heterocycles. The Kier molecular flexibility index (Phi) is 4.91. The van der Waals surface area contributed by atoms with Crippen LogP contribution in [0.4, 0.5) is 0 Å². The van der Waals surface area contributed by atoms with Gasteiger partial charge < -0.3 is 15.2 Å². The summed E-state index contributed by atoms with van der Waals surface area (Å²) < 4.78 is 11.6. The van der Waals surface area contributed by atoms with Crippen LogP contribution in [0.5, 0.6) is 11.5 Å². The Balaban J connectivity index is 1.90. The zero-order chi connectivity index (χ0) is 17.1. The van der Waals surface area contributed by atoms with Crippen molar-refractivity contribution in [3.8, 4) is 11.5 Å². The fourth-order valence-corrected chi connectivity index (χ4v) is 3.30. The molecule has 0 bridgehead atoms. The van der Waals surface area contributed by atoms with Crippen molar-refractivity contribution in [2.24, 2.45) is 5.73 Å². The second-order valence-corrected chi connectivity index (χ2v) is 6.61. The molecule has 3 nitrogen and oxygen atoms in total. The van der Waals surface area contributed by atoms with Crippen LogP contribution in [-0.2, 0) is 13.0 Å². The van der Waals surface area contributed by atoms with Crippen molar-refractivity contribution in [1.82, 2.24) is 0 Å². The molecule has 2 aromatic carbocycles. The van der Waals surface area contributed by atoms with E-state index in [1.807, 2.05) is 18.2 Å². The van der Waals surface area contributed by atoms with Gasteiger partial charge >= 0.3 is 0 Å². The highest BCUT2D eigenvalue weighted by Gasteiger charge is 2.30. The Labute approximate surface area is 144 Å². The Hall–Kier alpha value is -2.26. The third-order valence-corrected chi connectivity index (χ3v) is 4.45. The molecule has 3 rings (SSSR count). The maximum absolute atomic E-state index is 6.36. The van der Waals surface area contributed by atoms with Crippen molar-refractivity contribution in [2.75, 3.05) is 7.11 Å². The maximum atomic E-state index is 6.36. The molecule has 1 aliphatic carbocycles. The molecule has 1 aliphatic rings. The largest absolute Gasteiger partial charge is 0.493 e. The lowest BCUT2D eigenvalue weighted by Crippen LogP contribution is -2.23. The molecule has 0 saturated carbocycles. The van der Waals surface area contributed by atoms with E-state index in [0.29, 0.717) is 6.61 Å². The molecule has 0 unspecified atom stereocenters. The summed E-state index contributed by atoms with van der Waals surface area (Å²) in [5.74, 6) is 1.80. The third kappa shape index (κ3) is 3.46. The van der Waals surface area contributed by atoms with Gasteiger partial charge in [-0.2, -0.15) is 0 Å². The van der Waals surface area contributed by atoms with Crippen LogP contribution in [-0.4, -0.2) is 13.2 Å². The third-order valence-electron chi connectivity index (χ3n) is 4.45. The van der Waals surface area contributed by atoms with Gasteiger partial charge in [-0.15, -0.1) is 0 Å². The van der Waals surface area contributed by atoms with Crippen LogP contribution in [0.1, 0.15) is 36.5 Å². The fraction of sp³-hybridized carbons (Fsp3) is 0.333. The molecule has 0 aliphatic heterocycles. The lowest BCUT2D eigenvalue weighted by molar-refractivity contribution is 0.284. The molecular formula is C21H25NO2.